The van der Waals surface area contributed by atoms with Gasteiger partial charge >= 0.3 is 0 Å². The number of halogens is 2. The Bertz CT molecular complexity index is 1310. The Hall–Kier alpha value is -3.34. The number of benzene rings is 2. The Morgan fingerprint density at radius 2 is 1.74 bits per heavy atom. The summed E-state index contributed by atoms with van der Waals surface area (Å²) < 4.78 is 5.81. The van der Waals surface area contributed by atoms with Crippen LogP contribution in [-0.4, -0.2) is 60.8 Å². The molecule has 2 heterocycles. The summed E-state index contributed by atoms with van der Waals surface area (Å²) in [5.74, 6) is 0.227. The molecule has 0 bridgehead atoms. The average Bonchev–Trinajstić information content (AvgIpc) is 3.48. The van der Waals surface area contributed by atoms with Crippen LogP contribution in [-0.2, 0) is 16.0 Å². The number of thiocarbonyl (C=S) groups is 1. The van der Waals surface area contributed by atoms with E-state index in [2.05, 4.69) is 10.6 Å². The van der Waals surface area contributed by atoms with Crippen LogP contribution in [0, 0.1) is 0 Å². The van der Waals surface area contributed by atoms with Gasteiger partial charge in [-0.3, -0.25) is 14.5 Å². The molecule has 1 unspecified atom stereocenters. The second-order valence-electron chi connectivity index (χ2n) is 7.70. The van der Waals surface area contributed by atoms with Gasteiger partial charge in [0, 0.05) is 25.2 Å². The fourth-order valence-corrected chi connectivity index (χ4v) is 4.43. The van der Waals surface area contributed by atoms with E-state index in [0.29, 0.717) is 41.1 Å². The molecule has 38 heavy (non-hydrogen) atoms. The van der Waals surface area contributed by atoms with E-state index in [-0.39, 0.29) is 21.4 Å². The maximum atomic E-state index is 13.0. The van der Waals surface area contributed by atoms with Crippen molar-refractivity contribution >= 4 is 65.1 Å². The van der Waals surface area contributed by atoms with Crippen LogP contribution in [0.2, 0.25) is 10.0 Å². The largest absolute Gasteiger partial charge is 0.457 e. The van der Waals surface area contributed by atoms with Crippen LogP contribution in [0.4, 0.5) is 0 Å². The van der Waals surface area contributed by atoms with Gasteiger partial charge in [-0.15, -0.1) is 0 Å². The van der Waals surface area contributed by atoms with Gasteiger partial charge in [-0.2, -0.15) is 0 Å². The average molecular weight is 577 g/mol. The minimum Gasteiger partial charge on any atom is -0.457 e. The van der Waals surface area contributed by atoms with Gasteiger partial charge in [0.25, 0.3) is 5.91 Å². The van der Waals surface area contributed by atoms with Crippen LogP contribution in [0.15, 0.2) is 64.7 Å². The third-order valence-corrected chi connectivity index (χ3v) is 6.11. The summed E-state index contributed by atoms with van der Waals surface area (Å²) in [5.41, 5.74) is 1.72. The normalized spacial score (nSPS) is 14.2. The summed E-state index contributed by atoms with van der Waals surface area (Å²) in [7, 11) is 4.75. The zero-order chi connectivity index (χ0) is 28.2. The maximum absolute atomic E-state index is 13.0. The molecule has 4 rings (SSSR count). The van der Waals surface area contributed by atoms with Gasteiger partial charge in [0.05, 0.1) is 21.7 Å². The van der Waals surface area contributed by atoms with E-state index in [1.807, 2.05) is 44.4 Å². The molecule has 1 atom stereocenters. The molecule has 1 fully saturated rings. The number of amides is 1. The van der Waals surface area contributed by atoms with Gasteiger partial charge < -0.3 is 25.0 Å². The summed E-state index contributed by atoms with van der Waals surface area (Å²) in [6, 6.07) is 14.9. The molecule has 8 nitrogen and oxygen atoms in total. The standard InChI is InChI=1S/C24H16Cl2N2O4S.C2H7N.CH4O/c25-18-8-6-15(12-29)22(26)21(18)20-9-7-17(32-20)11-19-23(31)28(24(33)27-19)16(13-30)10-14-4-2-1-3-5-14;1-3-2;1-2/h1-9,11-13,16H,10H2,(H,27,33);3H,1-2H3;2H,1H3/b19-11+;;. The van der Waals surface area contributed by atoms with Crippen molar-refractivity contribution in [1.82, 2.24) is 15.5 Å². The Balaban J connectivity index is 0.000000947. The van der Waals surface area contributed by atoms with Gasteiger partial charge in [0.2, 0.25) is 0 Å². The molecule has 200 valence electrons. The Labute approximate surface area is 236 Å². The lowest BCUT2D eigenvalue weighted by molar-refractivity contribution is -0.127. The van der Waals surface area contributed by atoms with E-state index in [1.54, 1.807) is 18.2 Å². The molecule has 2 aromatic carbocycles. The molecule has 1 amide bonds. The first-order valence-electron chi connectivity index (χ1n) is 11.3. The Kier molecular flexibility index (Phi) is 12.3. The van der Waals surface area contributed by atoms with E-state index in [0.717, 1.165) is 12.7 Å². The van der Waals surface area contributed by atoms with Crippen molar-refractivity contribution in [2.45, 2.75) is 12.5 Å². The molecule has 3 aromatic rings. The molecular formula is C27H27Cl2N3O5S. The predicted octanol–water partition coefficient (Wildman–Crippen LogP) is 4.38. The van der Waals surface area contributed by atoms with Crippen molar-refractivity contribution in [1.29, 1.82) is 0 Å². The highest BCUT2D eigenvalue weighted by Gasteiger charge is 2.36. The zero-order valence-electron chi connectivity index (χ0n) is 20.9. The summed E-state index contributed by atoms with van der Waals surface area (Å²) in [4.78, 5) is 37.2. The molecule has 1 aromatic heterocycles. The maximum Gasteiger partial charge on any atom is 0.277 e. The zero-order valence-corrected chi connectivity index (χ0v) is 23.2. The predicted molar refractivity (Wildman–Crippen MR) is 153 cm³/mol. The van der Waals surface area contributed by atoms with Gasteiger partial charge in [-0.1, -0.05) is 53.5 Å². The minimum absolute atomic E-state index is 0.135. The first kappa shape index (κ1) is 30.9. The number of hydrogen-bond acceptors (Lipinski definition) is 7. The van der Waals surface area contributed by atoms with Crippen LogP contribution in [0.5, 0.6) is 0 Å². The molecule has 3 N–H and O–H groups in total. The molecule has 0 radical (unpaired) electrons. The van der Waals surface area contributed by atoms with Crippen molar-refractivity contribution in [2.75, 3.05) is 21.2 Å². The minimum atomic E-state index is -0.748. The van der Waals surface area contributed by atoms with Crippen LogP contribution in [0.1, 0.15) is 21.7 Å². The number of aliphatic hydroxyl groups excluding tert-OH is 1. The topological polar surface area (TPSA) is 112 Å². The van der Waals surface area contributed by atoms with Crippen LogP contribution in [0.25, 0.3) is 17.4 Å². The second-order valence-corrected chi connectivity index (χ2v) is 8.87. The molecule has 1 aliphatic heterocycles. The number of nitrogens with one attached hydrogen (secondary N) is 2. The lowest BCUT2D eigenvalue weighted by Gasteiger charge is -2.21. The number of rotatable bonds is 7. The number of hydrogen-bond donors (Lipinski definition) is 3. The van der Waals surface area contributed by atoms with Crippen molar-refractivity contribution < 1.29 is 23.9 Å². The lowest BCUT2D eigenvalue weighted by atomic mass is 10.1. The molecule has 0 saturated carbocycles. The fourth-order valence-electron chi connectivity index (χ4n) is 3.50. The van der Waals surface area contributed by atoms with E-state index >= 15 is 0 Å². The van der Waals surface area contributed by atoms with Crippen molar-refractivity contribution in [3.8, 4) is 11.3 Å². The molecule has 0 aliphatic carbocycles. The highest BCUT2D eigenvalue weighted by Crippen LogP contribution is 2.37. The molecule has 11 heteroatoms. The molecular weight excluding hydrogens is 549 g/mol. The van der Waals surface area contributed by atoms with Gasteiger partial charge in [0.15, 0.2) is 11.4 Å². The summed E-state index contributed by atoms with van der Waals surface area (Å²) >= 11 is 17.9. The van der Waals surface area contributed by atoms with Gasteiger partial charge in [0.1, 0.15) is 23.5 Å². The highest BCUT2D eigenvalue weighted by atomic mass is 35.5. The number of carbonyl (C=O) groups excluding carboxylic acids is 3. The van der Waals surface area contributed by atoms with Gasteiger partial charge in [-0.05, 0) is 56.1 Å². The quantitative estimate of drug-likeness (QED) is 0.216. The third-order valence-electron chi connectivity index (χ3n) is 5.09. The molecule has 1 aliphatic rings. The number of furan rings is 1. The molecule has 1 saturated heterocycles. The number of nitrogens with zero attached hydrogens (tertiary/aromatic N) is 1. The van der Waals surface area contributed by atoms with Crippen molar-refractivity contribution in [3.05, 3.63) is 87.2 Å². The first-order valence-corrected chi connectivity index (χ1v) is 12.4. The lowest BCUT2D eigenvalue weighted by Crippen LogP contribution is -2.42. The summed E-state index contributed by atoms with van der Waals surface area (Å²) in [6.07, 6.45) is 3.15. The smallest absolute Gasteiger partial charge is 0.277 e. The fraction of sp³-hybridized carbons (Fsp3) is 0.185. The van der Waals surface area contributed by atoms with Crippen molar-refractivity contribution in [2.24, 2.45) is 0 Å². The second kappa shape index (κ2) is 15.2. The number of aldehydes is 2. The highest BCUT2D eigenvalue weighted by molar-refractivity contribution is 7.80. The van der Waals surface area contributed by atoms with E-state index in [4.69, 9.17) is 44.9 Å². The van der Waals surface area contributed by atoms with Crippen LogP contribution in [0.3, 0.4) is 0 Å². The summed E-state index contributed by atoms with van der Waals surface area (Å²) in [5, 5.41) is 13.2. The third kappa shape index (κ3) is 7.37. The summed E-state index contributed by atoms with van der Waals surface area (Å²) in [6.45, 7) is 0. The van der Waals surface area contributed by atoms with E-state index < -0.39 is 11.9 Å². The Morgan fingerprint density at radius 1 is 1.08 bits per heavy atom. The van der Waals surface area contributed by atoms with Crippen molar-refractivity contribution in [3.63, 3.8) is 0 Å². The Morgan fingerprint density at radius 3 is 2.34 bits per heavy atom. The van der Waals surface area contributed by atoms with Crippen LogP contribution < -0.4 is 10.6 Å². The van der Waals surface area contributed by atoms with Crippen LogP contribution >= 0.6 is 35.4 Å². The molecule has 0 spiro atoms. The first-order chi connectivity index (χ1) is 18.3. The SMILES string of the molecule is CNC.CO.O=Cc1ccc(Cl)c(-c2ccc(/C=C3/NC(=S)N(C(C=O)Cc4ccccc4)C3=O)o2)c1Cl. The van der Waals surface area contributed by atoms with Gasteiger partial charge in [-0.25, -0.2) is 0 Å². The van der Waals surface area contributed by atoms with E-state index in [9.17, 15) is 14.4 Å². The number of carbonyl (C=O) groups is 3. The monoisotopic (exact) mass is 575 g/mol. The van der Waals surface area contributed by atoms with E-state index in [1.165, 1.54) is 17.0 Å². The number of aliphatic hydroxyl groups is 1.